The quantitative estimate of drug-likeness (QED) is 0.479. The Bertz CT molecular complexity index is 719. The Hall–Kier alpha value is -2.42. The average molecular weight is 296 g/mol. The van der Waals surface area contributed by atoms with E-state index < -0.39 is 5.97 Å². The van der Waals surface area contributed by atoms with Crippen molar-refractivity contribution in [2.24, 2.45) is 0 Å². The Kier molecular flexibility index (Phi) is 4.33. The molecular weight excluding hydrogens is 279 g/mol. The highest BCUT2D eigenvalue weighted by Crippen LogP contribution is 2.25. The van der Waals surface area contributed by atoms with Gasteiger partial charge in [0.2, 0.25) is 0 Å². The first-order valence-corrected chi connectivity index (χ1v) is 7.48. The molecule has 0 unspecified atom stereocenters. The third-order valence-corrected chi connectivity index (χ3v) is 3.80. The van der Waals surface area contributed by atoms with E-state index in [0.717, 1.165) is 12.8 Å². The minimum absolute atomic E-state index is 0.329. The topological polar surface area (TPSA) is 26.3 Å². The van der Waals surface area contributed by atoms with Crippen molar-refractivity contribution in [1.82, 2.24) is 0 Å². The summed E-state index contributed by atoms with van der Waals surface area (Å²) in [5.41, 5.74) is 3.24. The number of benzene rings is 2. The molecule has 0 saturated carbocycles. The summed E-state index contributed by atoms with van der Waals surface area (Å²) in [7, 11) is 0. The van der Waals surface area contributed by atoms with Gasteiger partial charge < -0.3 is 4.74 Å². The SMILES string of the molecule is O=C(/C=C/c1cccc(F)c1)Oc1ccc2c(c1)CCCC2. The smallest absolute Gasteiger partial charge is 0.336 e. The van der Waals surface area contributed by atoms with Crippen LogP contribution in [0.4, 0.5) is 4.39 Å². The Labute approximate surface area is 129 Å². The van der Waals surface area contributed by atoms with Crippen LogP contribution in [0.3, 0.4) is 0 Å². The fourth-order valence-corrected chi connectivity index (χ4v) is 2.70. The molecule has 0 fully saturated rings. The van der Waals surface area contributed by atoms with Crippen molar-refractivity contribution in [3.8, 4) is 5.75 Å². The summed E-state index contributed by atoms with van der Waals surface area (Å²) in [6, 6.07) is 11.9. The molecule has 0 bridgehead atoms. The summed E-state index contributed by atoms with van der Waals surface area (Å²) < 4.78 is 18.4. The molecule has 22 heavy (non-hydrogen) atoms. The van der Waals surface area contributed by atoms with Crippen molar-refractivity contribution >= 4 is 12.0 Å². The molecule has 1 aliphatic carbocycles. The molecule has 0 atom stereocenters. The van der Waals surface area contributed by atoms with Gasteiger partial charge in [-0.05, 0) is 72.7 Å². The highest BCUT2D eigenvalue weighted by atomic mass is 19.1. The zero-order valence-electron chi connectivity index (χ0n) is 12.2. The number of halogens is 1. The first-order chi connectivity index (χ1) is 10.7. The van der Waals surface area contributed by atoms with Gasteiger partial charge in [0.25, 0.3) is 0 Å². The van der Waals surface area contributed by atoms with Gasteiger partial charge >= 0.3 is 5.97 Å². The number of rotatable bonds is 3. The van der Waals surface area contributed by atoms with Crippen LogP contribution < -0.4 is 4.74 Å². The molecule has 0 aromatic heterocycles. The number of aryl methyl sites for hydroxylation is 2. The summed E-state index contributed by atoms with van der Waals surface area (Å²) in [5.74, 6) is -0.222. The number of ether oxygens (including phenoxy) is 1. The van der Waals surface area contributed by atoms with E-state index in [1.807, 2.05) is 18.2 Å². The second-order valence-corrected chi connectivity index (χ2v) is 5.45. The van der Waals surface area contributed by atoms with Crippen LogP contribution in [0.1, 0.15) is 29.5 Å². The number of carbonyl (C=O) groups is 1. The van der Waals surface area contributed by atoms with E-state index in [0.29, 0.717) is 11.3 Å². The second kappa shape index (κ2) is 6.56. The largest absolute Gasteiger partial charge is 0.423 e. The van der Waals surface area contributed by atoms with Crippen LogP contribution >= 0.6 is 0 Å². The Morgan fingerprint density at radius 3 is 2.68 bits per heavy atom. The maximum absolute atomic E-state index is 13.0. The number of hydrogen-bond acceptors (Lipinski definition) is 2. The lowest BCUT2D eigenvalue weighted by Gasteiger charge is -2.16. The second-order valence-electron chi connectivity index (χ2n) is 5.45. The predicted molar refractivity (Wildman–Crippen MR) is 84.2 cm³/mol. The molecule has 0 N–H and O–H groups in total. The van der Waals surface area contributed by atoms with Gasteiger partial charge in [0, 0.05) is 6.08 Å². The molecule has 112 valence electrons. The van der Waals surface area contributed by atoms with Gasteiger partial charge in [-0.15, -0.1) is 0 Å². The summed E-state index contributed by atoms with van der Waals surface area (Å²) >= 11 is 0. The van der Waals surface area contributed by atoms with Crippen LogP contribution in [-0.2, 0) is 17.6 Å². The van der Waals surface area contributed by atoms with E-state index in [1.54, 1.807) is 18.2 Å². The van der Waals surface area contributed by atoms with Crippen LogP contribution in [0.2, 0.25) is 0 Å². The van der Waals surface area contributed by atoms with Gasteiger partial charge in [-0.1, -0.05) is 18.2 Å². The van der Waals surface area contributed by atoms with E-state index in [-0.39, 0.29) is 5.82 Å². The fourth-order valence-electron chi connectivity index (χ4n) is 2.70. The van der Waals surface area contributed by atoms with Crippen LogP contribution in [0.5, 0.6) is 5.75 Å². The van der Waals surface area contributed by atoms with E-state index in [9.17, 15) is 9.18 Å². The molecule has 2 nitrogen and oxygen atoms in total. The molecule has 0 spiro atoms. The van der Waals surface area contributed by atoms with Crippen molar-refractivity contribution in [3.05, 3.63) is 71.0 Å². The normalized spacial score (nSPS) is 13.9. The Morgan fingerprint density at radius 2 is 1.86 bits per heavy atom. The number of carbonyl (C=O) groups excluding carboxylic acids is 1. The van der Waals surface area contributed by atoms with E-state index in [2.05, 4.69) is 0 Å². The molecule has 0 amide bonds. The van der Waals surface area contributed by atoms with Crippen molar-refractivity contribution in [2.45, 2.75) is 25.7 Å². The van der Waals surface area contributed by atoms with Gasteiger partial charge in [0.15, 0.2) is 0 Å². The molecule has 1 aliphatic rings. The maximum Gasteiger partial charge on any atom is 0.336 e. The monoisotopic (exact) mass is 296 g/mol. The van der Waals surface area contributed by atoms with Crippen molar-refractivity contribution in [1.29, 1.82) is 0 Å². The van der Waals surface area contributed by atoms with Crippen LogP contribution in [0.15, 0.2) is 48.5 Å². The molecule has 2 aromatic rings. The summed E-state index contributed by atoms with van der Waals surface area (Å²) in [6.45, 7) is 0. The average Bonchev–Trinajstić information content (AvgIpc) is 2.53. The highest BCUT2D eigenvalue weighted by Gasteiger charge is 2.10. The lowest BCUT2D eigenvalue weighted by Crippen LogP contribution is -2.06. The predicted octanol–water partition coefficient (Wildman–Crippen LogP) is 4.32. The third-order valence-electron chi connectivity index (χ3n) is 3.80. The van der Waals surface area contributed by atoms with Crippen LogP contribution in [0.25, 0.3) is 6.08 Å². The first kappa shape index (κ1) is 14.5. The van der Waals surface area contributed by atoms with Gasteiger partial charge in [-0.25, -0.2) is 9.18 Å². The van der Waals surface area contributed by atoms with Gasteiger partial charge in [-0.3, -0.25) is 0 Å². The number of hydrogen-bond donors (Lipinski definition) is 0. The Balaban J connectivity index is 1.66. The van der Waals surface area contributed by atoms with Crippen molar-refractivity contribution in [2.75, 3.05) is 0 Å². The standard InChI is InChI=1S/C19H17FO2/c20-17-7-3-4-14(12-17)8-11-19(21)22-18-10-9-15-5-1-2-6-16(15)13-18/h3-4,7-13H,1-2,5-6H2/b11-8+. The van der Waals surface area contributed by atoms with Crippen molar-refractivity contribution < 1.29 is 13.9 Å². The minimum Gasteiger partial charge on any atom is -0.423 e. The molecule has 0 radical (unpaired) electrons. The van der Waals surface area contributed by atoms with Gasteiger partial charge in [0.1, 0.15) is 11.6 Å². The lowest BCUT2D eigenvalue weighted by atomic mass is 9.92. The molecule has 0 aliphatic heterocycles. The number of esters is 1. The molecule has 0 heterocycles. The molecule has 3 rings (SSSR count). The summed E-state index contributed by atoms with van der Waals surface area (Å²) in [5, 5.41) is 0. The minimum atomic E-state index is -0.458. The first-order valence-electron chi connectivity index (χ1n) is 7.48. The zero-order chi connectivity index (χ0) is 15.4. The van der Waals surface area contributed by atoms with E-state index in [4.69, 9.17) is 4.74 Å². The Morgan fingerprint density at radius 1 is 1.05 bits per heavy atom. The van der Waals surface area contributed by atoms with Crippen molar-refractivity contribution in [3.63, 3.8) is 0 Å². The maximum atomic E-state index is 13.0. The highest BCUT2D eigenvalue weighted by molar-refractivity contribution is 5.88. The van der Waals surface area contributed by atoms with Crippen LogP contribution in [-0.4, -0.2) is 5.97 Å². The third kappa shape index (κ3) is 3.61. The molecule has 3 heteroatoms. The lowest BCUT2D eigenvalue weighted by molar-refractivity contribution is -0.128. The number of fused-ring (bicyclic) bond motifs is 1. The van der Waals surface area contributed by atoms with Gasteiger partial charge in [0.05, 0.1) is 0 Å². The van der Waals surface area contributed by atoms with Crippen LogP contribution in [0, 0.1) is 5.82 Å². The summed E-state index contributed by atoms with van der Waals surface area (Å²) in [6.07, 6.45) is 7.41. The zero-order valence-corrected chi connectivity index (χ0v) is 12.2. The summed E-state index contributed by atoms with van der Waals surface area (Å²) in [4.78, 5) is 11.8. The molecular formula is C19H17FO2. The fraction of sp³-hybridized carbons (Fsp3) is 0.211. The molecule has 2 aromatic carbocycles. The van der Waals surface area contributed by atoms with Gasteiger partial charge in [-0.2, -0.15) is 0 Å². The van der Waals surface area contributed by atoms with E-state index in [1.165, 1.54) is 42.2 Å². The van der Waals surface area contributed by atoms with E-state index >= 15 is 0 Å². The molecule has 0 saturated heterocycles.